The second-order valence-corrected chi connectivity index (χ2v) is 5.70. The molecule has 0 saturated carbocycles. The molecule has 146 valence electrons. The summed E-state index contributed by atoms with van der Waals surface area (Å²) >= 11 is 0. The predicted molar refractivity (Wildman–Crippen MR) is 93.2 cm³/mol. The molecule has 0 amide bonds. The number of methoxy groups -OCH3 is 1. The van der Waals surface area contributed by atoms with Gasteiger partial charge in [0.05, 0.1) is 12.7 Å². The van der Waals surface area contributed by atoms with Gasteiger partial charge in [-0.2, -0.15) is 13.8 Å². The van der Waals surface area contributed by atoms with E-state index in [-0.39, 0.29) is 29.8 Å². The fraction of sp³-hybridized carbons (Fsp3) is 0.211. The van der Waals surface area contributed by atoms with Crippen LogP contribution in [0.25, 0.3) is 11.4 Å². The Hall–Kier alpha value is -3.49. The number of carbonyl (C=O) groups is 1. The molecule has 0 aliphatic heterocycles. The average Bonchev–Trinajstić information content (AvgIpc) is 3.15. The molecule has 0 aliphatic carbocycles. The van der Waals surface area contributed by atoms with Crippen LogP contribution in [0, 0.1) is 6.92 Å². The van der Waals surface area contributed by atoms with E-state index in [1.165, 1.54) is 25.3 Å². The molecule has 28 heavy (non-hydrogen) atoms. The van der Waals surface area contributed by atoms with Crippen LogP contribution in [0.3, 0.4) is 0 Å². The summed E-state index contributed by atoms with van der Waals surface area (Å²) in [6, 6.07) is 11.1. The number of ether oxygens (including phenoxy) is 3. The Kier molecular flexibility index (Phi) is 5.83. The van der Waals surface area contributed by atoms with E-state index < -0.39 is 12.6 Å². The zero-order valence-electron chi connectivity index (χ0n) is 15.0. The molecule has 0 bridgehead atoms. The van der Waals surface area contributed by atoms with Crippen molar-refractivity contribution in [1.82, 2.24) is 10.1 Å². The Labute approximate surface area is 158 Å². The van der Waals surface area contributed by atoms with Crippen molar-refractivity contribution in [3.8, 4) is 22.9 Å². The van der Waals surface area contributed by atoms with E-state index in [1.54, 1.807) is 24.3 Å². The molecule has 0 atom stereocenters. The molecule has 3 rings (SSSR count). The summed E-state index contributed by atoms with van der Waals surface area (Å²) in [5, 5.41) is 3.79. The van der Waals surface area contributed by atoms with Crippen molar-refractivity contribution in [3.63, 3.8) is 0 Å². The zero-order valence-corrected chi connectivity index (χ0v) is 15.0. The highest BCUT2D eigenvalue weighted by Gasteiger charge is 2.16. The third-order valence-electron chi connectivity index (χ3n) is 3.72. The van der Waals surface area contributed by atoms with Crippen molar-refractivity contribution in [2.75, 3.05) is 7.11 Å². The van der Waals surface area contributed by atoms with Gasteiger partial charge in [0, 0.05) is 5.56 Å². The van der Waals surface area contributed by atoms with Crippen molar-refractivity contribution in [2.45, 2.75) is 20.1 Å². The SMILES string of the molecule is COc1cc(-c2noc(COC(=O)c3ccc(C)cc3)n2)ccc1OC(F)F. The number of carbonyl (C=O) groups excluding carboxylic acids is 1. The Morgan fingerprint density at radius 2 is 1.89 bits per heavy atom. The van der Waals surface area contributed by atoms with Crippen LogP contribution in [0.5, 0.6) is 11.5 Å². The summed E-state index contributed by atoms with van der Waals surface area (Å²) in [5.41, 5.74) is 1.89. The van der Waals surface area contributed by atoms with Gasteiger partial charge in [0.1, 0.15) is 0 Å². The number of benzene rings is 2. The predicted octanol–water partition coefficient (Wildman–Crippen LogP) is 4.01. The quantitative estimate of drug-likeness (QED) is 0.564. The van der Waals surface area contributed by atoms with E-state index in [9.17, 15) is 13.6 Å². The zero-order chi connectivity index (χ0) is 20.1. The summed E-state index contributed by atoms with van der Waals surface area (Å²) in [6.07, 6.45) is 0. The number of aromatic nitrogens is 2. The molecule has 0 radical (unpaired) electrons. The number of nitrogens with zero attached hydrogens (tertiary/aromatic N) is 2. The van der Waals surface area contributed by atoms with E-state index in [4.69, 9.17) is 14.0 Å². The number of hydrogen-bond acceptors (Lipinski definition) is 7. The first-order valence-corrected chi connectivity index (χ1v) is 8.16. The Morgan fingerprint density at radius 3 is 2.57 bits per heavy atom. The molecular weight excluding hydrogens is 374 g/mol. The molecule has 3 aromatic rings. The highest BCUT2D eigenvalue weighted by molar-refractivity contribution is 5.89. The molecule has 2 aromatic carbocycles. The number of hydrogen-bond donors (Lipinski definition) is 0. The maximum atomic E-state index is 12.4. The average molecular weight is 390 g/mol. The lowest BCUT2D eigenvalue weighted by Gasteiger charge is -2.10. The summed E-state index contributed by atoms with van der Waals surface area (Å²) in [5.74, 6) is -0.271. The van der Waals surface area contributed by atoms with Crippen molar-refractivity contribution < 1.29 is 32.3 Å². The van der Waals surface area contributed by atoms with Crippen LogP contribution < -0.4 is 9.47 Å². The Balaban J connectivity index is 1.68. The summed E-state index contributed by atoms with van der Waals surface area (Å²) in [4.78, 5) is 16.1. The third-order valence-corrected chi connectivity index (χ3v) is 3.72. The normalized spacial score (nSPS) is 10.8. The maximum Gasteiger partial charge on any atom is 0.387 e. The molecule has 0 N–H and O–H groups in total. The lowest BCUT2D eigenvalue weighted by Crippen LogP contribution is -2.05. The number of aryl methyl sites for hydroxylation is 1. The monoisotopic (exact) mass is 390 g/mol. The second-order valence-electron chi connectivity index (χ2n) is 5.70. The van der Waals surface area contributed by atoms with Crippen LogP contribution in [-0.2, 0) is 11.3 Å². The number of esters is 1. The minimum atomic E-state index is -2.97. The number of rotatable bonds is 7. The molecule has 1 aromatic heterocycles. The first-order chi connectivity index (χ1) is 13.5. The highest BCUT2D eigenvalue weighted by Crippen LogP contribution is 2.32. The van der Waals surface area contributed by atoms with Crippen molar-refractivity contribution in [1.29, 1.82) is 0 Å². The molecule has 0 saturated heterocycles. The van der Waals surface area contributed by atoms with E-state index in [1.807, 2.05) is 6.92 Å². The van der Waals surface area contributed by atoms with Crippen LogP contribution in [0.1, 0.15) is 21.8 Å². The first kappa shape index (κ1) is 19.3. The van der Waals surface area contributed by atoms with Gasteiger partial charge in [-0.25, -0.2) is 4.79 Å². The molecule has 7 nitrogen and oxygen atoms in total. The summed E-state index contributed by atoms with van der Waals surface area (Å²) < 4.78 is 44.4. The minimum absolute atomic E-state index is 0.0855. The van der Waals surface area contributed by atoms with Gasteiger partial charge in [0.15, 0.2) is 18.1 Å². The third kappa shape index (κ3) is 4.61. The van der Waals surface area contributed by atoms with Gasteiger partial charge < -0.3 is 18.7 Å². The summed E-state index contributed by atoms with van der Waals surface area (Å²) in [6.45, 7) is -1.26. The largest absolute Gasteiger partial charge is 0.493 e. The first-order valence-electron chi connectivity index (χ1n) is 8.16. The van der Waals surface area contributed by atoms with Crippen LogP contribution in [0.15, 0.2) is 47.0 Å². The molecule has 9 heteroatoms. The van der Waals surface area contributed by atoms with Crippen molar-refractivity contribution >= 4 is 5.97 Å². The van der Waals surface area contributed by atoms with Crippen molar-refractivity contribution in [3.05, 3.63) is 59.5 Å². The lowest BCUT2D eigenvalue weighted by atomic mass is 10.1. The van der Waals surface area contributed by atoms with E-state index >= 15 is 0 Å². The molecule has 0 aliphatic rings. The van der Waals surface area contributed by atoms with Gasteiger partial charge in [-0.05, 0) is 37.3 Å². The lowest BCUT2D eigenvalue weighted by molar-refractivity contribution is -0.0512. The molecule has 1 heterocycles. The standard InChI is InChI=1S/C19H16F2N2O5/c1-11-3-5-12(6-4-11)18(24)26-10-16-22-17(23-28-16)13-7-8-14(27-19(20)21)15(9-13)25-2/h3-9,19H,10H2,1-2H3. The molecule has 0 fully saturated rings. The Bertz CT molecular complexity index is 957. The van der Waals surface area contributed by atoms with Crippen LogP contribution >= 0.6 is 0 Å². The molecule has 0 spiro atoms. The minimum Gasteiger partial charge on any atom is -0.493 e. The van der Waals surface area contributed by atoms with E-state index in [0.717, 1.165) is 5.56 Å². The van der Waals surface area contributed by atoms with Gasteiger partial charge >= 0.3 is 12.6 Å². The fourth-order valence-corrected chi connectivity index (χ4v) is 2.33. The fourth-order valence-electron chi connectivity index (χ4n) is 2.33. The van der Waals surface area contributed by atoms with Gasteiger partial charge in [0.2, 0.25) is 5.82 Å². The Morgan fingerprint density at radius 1 is 1.14 bits per heavy atom. The second kappa shape index (κ2) is 8.47. The maximum absolute atomic E-state index is 12.4. The summed E-state index contributed by atoms with van der Waals surface area (Å²) in [7, 11) is 1.32. The van der Waals surface area contributed by atoms with Gasteiger partial charge in [-0.15, -0.1) is 0 Å². The smallest absolute Gasteiger partial charge is 0.387 e. The highest BCUT2D eigenvalue weighted by atomic mass is 19.3. The molecular formula is C19H16F2N2O5. The van der Waals surface area contributed by atoms with Crippen LogP contribution in [0.4, 0.5) is 8.78 Å². The van der Waals surface area contributed by atoms with Gasteiger partial charge in [-0.1, -0.05) is 22.9 Å². The van der Waals surface area contributed by atoms with Gasteiger partial charge in [0.25, 0.3) is 5.89 Å². The molecule has 0 unspecified atom stereocenters. The van der Waals surface area contributed by atoms with Crippen molar-refractivity contribution in [2.24, 2.45) is 0 Å². The topological polar surface area (TPSA) is 83.7 Å². The van der Waals surface area contributed by atoms with Crippen LogP contribution in [0.2, 0.25) is 0 Å². The van der Waals surface area contributed by atoms with Gasteiger partial charge in [-0.3, -0.25) is 0 Å². The number of alkyl halides is 2. The van der Waals surface area contributed by atoms with E-state index in [2.05, 4.69) is 14.9 Å². The van der Waals surface area contributed by atoms with E-state index in [0.29, 0.717) is 11.1 Å². The number of halogens is 2. The van der Waals surface area contributed by atoms with Crippen LogP contribution in [-0.4, -0.2) is 29.8 Å².